The van der Waals surface area contributed by atoms with E-state index >= 15 is 0 Å². The van der Waals surface area contributed by atoms with E-state index in [-0.39, 0.29) is 15.9 Å². The van der Waals surface area contributed by atoms with Gasteiger partial charge in [-0.15, -0.1) is 0 Å². The molecule has 0 aliphatic heterocycles. The number of aromatic nitrogens is 1. The molecule has 3 N–H and O–H groups in total. The Morgan fingerprint density at radius 3 is 2.50 bits per heavy atom. The van der Waals surface area contributed by atoms with Gasteiger partial charge in [0.15, 0.2) is 9.34 Å². The lowest BCUT2D eigenvalue weighted by Gasteiger charge is -2.09. The summed E-state index contributed by atoms with van der Waals surface area (Å²) in [5.74, 6) is 0. The number of nitrogens with one attached hydrogen (secondary N) is 1. The van der Waals surface area contributed by atoms with Crippen molar-refractivity contribution in [1.82, 2.24) is 9.71 Å². The zero-order chi connectivity index (χ0) is 14.8. The lowest BCUT2D eigenvalue weighted by atomic mass is 10.1. The fourth-order valence-electron chi connectivity index (χ4n) is 1.97. The number of sulfonamides is 1. The molecule has 1 aromatic heterocycles. The Labute approximate surface area is 122 Å². The first-order valence-electron chi connectivity index (χ1n) is 6.23. The molecular weight excluding hydrogens is 294 g/mol. The molecule has 0 saturated heterocycles. The maximum atomic E-state index is 12.2. The van der Waals surface area contributed by atoms with Crippen LogP contribution >= 0.6 is 11.3 Å². The third-order valence-corrected chi connectivity index (χ3v) is 5.96. The van der Waals surface area contributed by atoms with Crippen LogP contribution in [-0.2, 0) is 23.0 Å². The van der Waals surface area contributed by atoms with Crippen molar-refractivity contribution < 1.29 is 8.42 Å². The molecule has 5 nitrogen and oxygen atoms in total. The number of rotatable bonds is 5. The first-order chi connectivity index (χ1) is 9.44. The molecule has 0 unspecified atom stereocenters. The summed E-state index contributed by atoms with van der Waals surface area (Å²) < 4.78 is 27.3. The van der Waals surface area contributed by atoms with Crippen LogP contribution in [0.3, 0.4) is 0 Å². The second kappa shape index (κ2) is 5.90. The smallest absolute Gasteiger partial charge is 0.252 e. The fraction of sp³-hybridized carbons (Fsp3) is 0.308. The quantitative estimate of drug-likeness (QED) is 0.885. The molecule has 0 aliphatic rings. The maximum Gasteiger partial charge on any atom is 0.252 e. The predicted molar refractivity (Wildman–Crippen MR) is 81.1 cm³/mol. The summed E-state index contributed by atoms with van der Waals surface area (Å²) >= 11 is 0.983. The molecule has 0 fully saturated rings. The van der Waals surface area contributed by atoms with Crippen LogP contribution in [-0.4, -0.2) is 13.4 Å². The van der Waals surface area contributed by atoms with Gasteiger partial charge >= 0.3 is 0 Å². The highest BCUT2D eigenvalue weighted by Crippen LogP contribution is 2.24. The SMILES string of the molecule is CCc1ccccc1CNS(=O)(=O)c1sc(N)nc1C. The normalized spacial score (nSPS) is 11.7. The number of nitrogens with zero attached hydrogens (tertiary/aromatic N) is 1. The predicted octanol–water partition coefficient (Wildman–Crippen LogP) is 2.07. The van der Waals surface area contributed by atoms with Crippen molar-refractivity contribution in [3.8, 4) is 0 Å². The molecule has 0 amide bonds. The van der Waals surface area contributed by atoms with E-state index in [9.17, 15) is 8.42 Å². The Morgan fingerprint density at radius 2 is 1.95 bits per heavy atom. The molecule has 1 aromatic carbocycles. The Bertz CT molecular complexity index is 708. The standard InChI is InChI=1S/C13H17N3O2S2/c1-3-10-6-4-5-7-11(10)8-15-20(17,18)12-9(2)16-13(14)19-12/h4-7,15H,3,8H2,1-2H3,(H2,14,16). The van der Waals surface area contributed by atoms with E-state index in [1.54, 1.807) is 6.92 Å². The van der Waals surface area contributed by atoms with Gasteiger partial charge in [-0.05, 0) is 24.5 Å². The Kier molecular flexibility index (Phi) is 4.42. The number of benzene rings is 1. The molecule has 0 atom stereocenters. The Balaban J connectivity index is 2.20. The van der Waals surface area contributed by atoms with Crippen molar-refractivity contribution in [3.05, 3.63) is 41.1 Å². The molecule has 2 rings (SSSR count). The van der Waals surface area contributed by atoms with E-state index in [0.29, 0.717) is 5.69 Å². The van der Waals surface area contributed by atoms with Gasteiger partial charge in [-0.25, -0.2) is 18.1 Å². The van der Waals surface area contributed by atoms with Crippen LogP contribution < -0.4 is 10.5 Å². The molecule has 0 aliphatic carbocycles. The summed E-state index contributed by atoms with van der Waals surface area (Å²) in [4.78, 5) is 3.94. The van der Waals surface area contributed by atoms with Crippen molar-refractivity contribution in [2.75, 3.05) is 5.73 Å². The second-order valence-electron chi connectivity index (χ2n) is 4.37. The first-order valence-corrected chi connectivity index (χ1v) is 8.53. The van der Waals surface area contributed by atoms with Gasteiger partial charge in [0.25, 0.3) is 10.0 Å². The Hall–Kier alpha value is -1.44. The summed E-state index contributed by atoms with van der Waals surface area (Å²) in [6.07, 6.45) is 0.866. The summed E-state index contributed by atoms with van der Waals surface area (Å²) in [6.45, 7) is 3.95. The van der Waals surface area contributed by atoms with E-state index in [1.807, 2.05) is 31.2 Å². The van der Waals surface area contributed by atoms with E-state index in [4.69, 9.17) is 5.73 Å². The van der Waals surface area contributed by atoms with Crippen LogP contribution in [0.15, 0.2) is 28.5 Å². The minimum absolute atomic E-state index is 0.184. The zero-order valence-electron chi connectivity index (χ0n) is 11.4. The van der Waals surface area contributed by atoms with Crippen molar-refractivity contribution in [2.45, 2.75) is 31.0 Å². The number of nitrogens with two attached hydrogens (primary N) is 1. The van der Waals surface area contributed by atoms with Gasteiger partial charge in [0.1, 0.15) is 0 Å². The van der Waals surface area contributed by atoms with Crippen LogP contribution in [0.25, 0.3) is 0 Å². The van der Waals surface area contributed by atoms with Gasteiger partial charge in [0.05, 0.1) is 5.69 Å². The van der Waals surface area contributed by atoms with Crippen molar-refractivity contribution in [3.63, 3.8) is 0 Å². The number of aryl methyl sites for hydroxylation is 2. The van der Waals surface area contributed by atoms with Crippen LogP contribution in [0, 0.1) is 6.92 Å². The van der Waals surface area contributed by atoms with Crippen LogP contribution in [0.1, 0.15) is 23.7 Å². The van der Waals surface area contributed by atoms with E-state index < -0.39 is 10.0 Å². The van der Waals surface area contributed by atoms with Gasteiger partial charge in [-0.2, -0.15) is 0 Å². The van der Waals surface area contributed by atoms with E-state index in [2.05, 4.69) is 9.71 Å². The highest BCUT2D eigenvalue weighted by molar-refractivity contribution is 7.91. The highest BCUT2D eigenvalue weighted by Gasteiger charge is 2.21. The van der Waals surface area contributed by atoms with Crippen molar-refractivity contribution in [1.29, 1.82) is 0 Å². The van der Waals surface area contributed by atoms with Gasteiger partial charge in [0, 0.05) is 6.54 Å². The van der Waals surface area contributed by atoms with Crippen molar-refractivity contribution in [2.24, 2.45) is 0 Å². The monoisotopic (exact) mass is 311 g/mol. The molecule has 0 bridgehead atoms. The first kappa shape index (κ1) is 15.0. The van der Waals surface area contributed by atoms with E-state index in [0.717, 1.165) is 28.9 Å². The number of anilines is 1. The maximum absolute atomic E-state index is 12.2. The largest absolute Gasteiger partial charge is 0.375 e. The number of nitrogen functional groups attached to an aromatic ring is 1. The Morgan fingerprint density at radius 1 is 1.30 bits per heavy atom. The topological polar surface area (TPSA) is 85.1 Å². The zero-order valence-corrected chi connectivity index (χ0v) is 13.0. The highest BCUT2D eigenvalue weighted by atomic mass is 32.2. The third kappa shape index (κ3) is 3.17. The molecule has 2 aromatic rings. The third-order valence-electron chi connectivity index (χ3n) is 2.97. The van der Waals surface area contributed by atoms with Gasteiger partial charge < -0.3 is 5.73 Å². The summed E-state index contributed by atoms with van der Waals surface area (Å²) in [7, 11) is -3.57. The molecule has 7 heteroatoms. The minimum Gasteiger partial charge on any atom is -0.375 e. The summed E-state index contributed by atoms with van der Waals surface area (Å²) in [5.41, 5.74) is 8.09. The average Bonchev–Trinajstić information content (AvgIpc) is 2.76. The van der Waals surface area contributed by atoms with Gasteiger partial charge in [-0.3, -0.25) is 0 Å². The fourth-order valence-corrected chi connectivity index (χ4v) is 4.31. The minimum atomic E-state index is -3.57. The molecule has 0 radical (unpaired) electrons. The number of hydrogen-bond donors (Lipinski definition) is 2. The lowest BCUT2D eigenvalue weighted by molar-refractivity contribution is 0.582. The second-order valence-corrected chi connectivity index (χ2v) is 7.36. The average molecular weight is 311 g/mol. The van der Waals surface area contributed by atoms with Crippen LogP contribution in [0.2, 0.25) is 0 Å². The number of thiazole rings is 1. The molecule has 108 valence electrons. The van der Waals surface area contributed by atoms with Gasteiger partial charge in [0.2, 0.25) is 0 Å². The van der Waals surface area contributed by atoms with Crippen molar-refractivity contribution >= 4 is 26.5 Å². The lowest BCUT2D eigenvalue weighted by Crippen LogP contribution is -2.23. The van der Waals surface area contributed by atoms with Gasteiger partial charge in [-0.1, -0.05) is 42.5 Å². The molecule has 0 saturated carbocycles. The van der Waals surface area contributed by atoms with Crippen LogP contribution in [0.5, 0.6) is 0 Å². The van der Waals surface area contributed by atoms with E-state index in [1.165, 1.54) is 0 Å². The summed E-state index contributed by atoms with van der Waals surface area (Å²) in [6, 6.07) is 7.78. The molecule has 1 heterocycles. The molecule has 20 heavy (non-hydrogen) atoms. The number of hydrogen-bond acceptors (Lipinski definition) is 5. The molecule has 0 spiro atoms. The van der Waals surface area contributed by atoms with Crippen LogP contribution in [0.4, 0.5) is 5.13 Å². The molecular formula is C13H17N3O2S2. The summed E-state index contributed by atoms with van der Waals surface area (Å²) in [5, 5.41) is 0.261.